The van der Waals surface area contributed by atoms with Crippen LogP contribution in [0.25, 0.3) is 0 Å². The molecule has 0 saturated carbocycles. The molecule has 1 aromatic heterocycles. The van der Waals surface area contributed by atoms with E-state index in [-0.39, 0.29) is 0 Å². The first-order valence-electron chi connectivity index (χ1n) is 5.73. The maximum Gasteiger partial charge on any atom is 0.306 e. The Hall–Kier alpha value is -1.49. The maximum atomic E-state index is 10.9. The van der Waals surface area contributed by atoms with Crippen LogP contribution in [0.3, 0.4) is 0 Å². The van der Waals surface area contributed by atoms with Crippen molar-refractivity contribution in [1.29, 1.82) is 0 Å². The molecule has 5 nitrogen and oxygen atoms in total. The number of carboxylic acid groups (broad SMARTS) is 1. The molecule has 2 heterocycles. The highest BCUT2D eigenvalue weighted by Gasteiger charge is 2.20. The zero-order valence-corrected chi connectivity index (χ0v) is 10.1. The molecule has 0 bridgehead atoms. The van der Waals surface area contributed by atoms with Gasteiger partial charge in [-0.2, -0.15) is 0 Å². The van der Waals surface area contributed by atoms with E-state index >= 15 is 0 Å². The number of hydrogen-bond acceptors (Lipinski definition) is 4. The van der Waals surface area contributed by atoms with Crippen LogP contribution in [0.1, 0.15) is 29.7 Å². The lowest BCUT2D eigenvalue weighted by Gasteiger charge is -2.19. The second-order valence-corrected chi connectivity index (χ2v) is 4.39. The fourth-order valence-corrected chi connectivity index (χ4v) is 1.98. The summed E-state index contributed by atoms with van der Waals surface area (Å²) in [7, 11) is 0. The molecule has 1 aliphatic heterocycles. The molecule has 0 aliphatic carbocycles. The Morgan fingerprint density at radius 1 is 1.53 bits per heavy atom. The van der Waals surface area contributed by atoms with Crippen LogP contribution in [-0.4, -0.2) is 27.7 Å². The summed E-state index contributed by atoms with van der Waals surface area (Å²) in [6, 6.07) is 0. The number of carbonyl (C=O) groups is 1. The van der Waals surface area contributed by atoms with Gasteiger partial charge in [-0.25, -0.2) is 9.97 Å². The standard InChI is InChI=1S/C12H16N2O3/c1-7(12(15)16)5-11-9-6-17-4-3-10(9)13-8(2)14-11/h7H,3-6H2,1-2H3,(H,15,16). The third-order valence-electron chi connectivity index (χ3n) is 2.94. The lowest BCUT2D eigenvalue weighted by atomic mass is 9.99. The zero-order valence-electron chi connectivity index (χ0n) is 10.1. The second kappa shape index (κ2) is 4.79. The van der Waals surface area contributed by atoms with Crippen LogP contribution >= 0.6 is 0 Å². The average molecular weight is 236 g/mol. The van der Waals surface area contributed by atoms with Gasteiger partial charge in [-0.3, -0.25) is 4.79 Å². The minimum atomic E-state index is -0.799. The maximum absolute atomic E-state index is 10.9. The highest BCUT2D eigenvalue weighted by Crippen LogP contribution is 2.20. The summed E-state index contributed by atoms with van der Waals surface area (Å²) in [4.78, 5) is 19.6. The van der Waals surface area contributed by atoms with Gasteiger partial charge in [0, 0.05) is 18.4 Å². The minimum absolute atomic E-state index is 0.435. The van der Waals surface area contributed by atoms with Crippen LogP contribution in [0.15, 0.2) is 0 Å². The van der Waals surface area contributed by atoms with Crippen molar-refractivity contribution in [1.82, 2.24) is 9.97 Å². The number of aryl methyl sites for hydroxylation is 1. The molecule has 1 atom stereocenters. The summed E-state index contributed by atoms with van der Waals surface area (Å²) in [6.07, 6.45) is 1.22. The molecule has 0 amide bonds. The largest absolute Gasteiger partial charge is 0.481 e. The smallest absolute Gasteiger partial charge is 0.306 e. The van der Waals surface area contributed by atoms with Crippen molar-refractivity contribution in [3.05, 3.63) is 22.8 Å². The van der Waals surface area contributed by atoms with Crippen molar-refractivity contribution in [2.45, 2.75) is 33.3 Å². The third-order valence-corrected chi connectivity index (χ3v) is 2.94. The van der Waals surface area contributed by atoms with Gasteiger partial charge in [0.25, 0.3) is 0 Å². The van der Waals surface area contributed by atoms with Gasteiger partial charge in [0.1, 0.15) is 5.82 Å². The van der Waals surface area contributed by atoms with E-state index in [1.54, 1.807) is 6.92 Å². The van der Waals surface area contributed by atoms with Gasteiger partial charge in [-0.15, -0.1) is 0 Å². The van der Waals surface area contributed by atoms with Gasteiger partial charge >= 0.3 is 5.97 Å². The van der Waals surface area contributed by atoms with Gasteiger partial charge in [0.2, 0.25) is 0 Å². The highest BCUT2D eigenvalue weighted by atomic mass is 16.5. The second-order valence-electron chi connectivity index (χ2n) is 4.39. The van der Waals surface area contributed by atoms with Crippen molar-refractivity contribution in [2.75, 3.05) is 6.61 Å². The molecule has 2 rings (SSSR count). The monoisotopic (exact) mass is 236 g/mol. The quantitative estimate of drug-likeness (QED) is 0.851. The van der Waals surface area contributed by atoms with E-state index in [1.165, 1.54) is 0 Å². The van der Waals surface area contributed by atoms with E-state index in [9.17, 15) is 4.79 Å². The predicted molar refractivity (Wildman–Crippen MR) is 60.6 cm³/mol. The van der Waals surface area contributed by atoms with Gasteiger partial charge in [0.15, 0.2) is 0 Å². The molecule has 1 aromatic rings. The molecule has 1 aliphatic rings. The number of hydrogen-bond donors (Lipinski definition) is 1. The van der Waals surface area contributed by atoms with Crippen molar-refractivity contribution in [3.63, 3.8) is 0 Å². The number of rotatable bonds is 3. The number of aromatic nitrogens is 2. The number of ether oxygens (including phenoxy) is 1. The van der Waals surface area contributed by atoms with Crippen LogP contribution in [0.5, 0.6) is 0 Å². The van der Waals surface area contributed by atoms with Gasteiger partial charge in [-0.1, -0.05) is 6.92 Å². The molecule has 1 N–H and O–H groups in total. The van der Waals surface area contributed by atoms with Gasteiger partial charge in [-0.05, 0) is 6.92 Å². The summed E-state index contributed by atoms with van der Waals surface area (Å²) in [6.45, 7) is 4.70. The highest BCUT2D eigenvalue weighted by molar-refractivity contribution is 5.69. The summed E-state index contributed by atoms with van der Waals surface area (Å²) < 4.78 is 5.39. The molecule has 0 saturated heterocycles. The van der Waals surface area contributed by atoms with Crippen LogP contribution in [0, 0.1) is 12.8 Å². The Bertz CT molecular complexity index is 446. The Balaban J connectivity index is 2.32. The van der Waals surface area contributed by atoms with Crippen LogP contribution in [-0.2, 0) is 29.0 Å². The summed E-state index contributed by atoms with van der Waals surface area (Å²) >= 11 is 0. The van der Waals surface area contributed by atoms with Gasteiger partial charge < -0.3 is 9.84 Å². The molecule has 0 spiro atoms. The molecular weight excluding hydrogens is 220 g/mol. The van der Waals surface area contributed by atoms with Crippen molar-refractivity contribution < 1.29 is 14.6 Å². The summed E-state index contributed by atoms with van der Waals surface area (Å²) in [5.41, 5.74) is 2.81. The lowest BCUT2D eigenvalue weighted by molar-refractivity contribution is -0.141. The van der Waals surface area contributed by atoms with E-state index < -0.39 is 11.9 Å². The number of fused-ring (bicyclic) bond motifs is 1. The SMILES string of the molecule is Cc1nc2c(c(CC(C)C(=O)O)n1)COCC2. The van der Waals surface area contributed by atoms with Crippen molar-refractivity contribution in [2.24, 2.45) is 5.92 Å². The molecule has 0 aromatic carbocycles. The predicted octanol–water partition coefficient (Wildman–Crippen LogP) is 1.12. The third kappa shape index (κ3) is 2.61. The topological polar surface area (TPSA) is 72.3 Å². The van der Waals surface area contributed by atoms with E-state index in [0.717, 1.165) is 23.4 Å². The first-order chi connectivity index (χ1) is 8.08. The van der Waals surface area contributed by atoms with Crippen LogP contribution < -0.4 is 0 Å². The number of aliphatic carboxylic acids is 1. The fraction of sp³-hybridized carbons (Fsp3) is 0.583. The molecular formula is C12H16N2O3. The van der Waals surface area contributed by atoms with E-state index in [1.807, 2.05) is 6.92 Å². The average Bonchev–Trinajstić information content (AvgIpc) is 2.28. The van der Waals surface area contributed by atoms with Gasteiger partial charge in [0.05, 0.1) is 30.5 Å². The van der Waals surface area contributed by atoms with Crippen molar-refractivity contribution >= 4 is 5.97 Å². The number of carboxylic acids is 1. The molecule has 0 fully saturated rings. The molecule has 5 heteroatoms. The van der Waals surface area contributed by atoms with Crippen molar-refractivity contribution in [3.8, 4) is 0 Å². The molecule has 92 valence electrons. The normalized spacial score (nSPS) is 16.4. The molecule has 17 heavy (non-hydrogen) atoms. The summed E-state index contributed by atoms with van der Waals surface area (Å²) in [5.74, 6) is -0.527. The zero-order chi connectivity index (χ0) is 12.4. The lowest BCUT2D eigenvalue weighted by Crippen LogP contribution is -2.20. The minimum Gasteiger partial charge on any atom is -0.481 e. The summed E-state index contributed by atoms with van der Waals surface area (Å²) in [5, 5.41) is 8.94. The van der Waals surface area contributed by atoms with E-state index in [0.29, 0.717) is 25.5 Å². The Morgan fingerprint density at radius 2 is 2.29 bits per heavy atom. The molecule has 0 radical (unpaired) electrons. The van der Waals surface area contributed by atoms with Crippen LogP contribution in [0.4, 0.5) is 0 Å². The fourth-order valence-electron chi connectivity index (χ4n) is 1.98. The Kier molecular flexibility index (Phi) is 3.38. The number of nitrogens with zero attached hydrogens (tertiary/aromatic N) is 2. The Morgan fingerprint density at radius 3 is 3.00 bits per heavy atom. The first-order valence-corrected chi connectivity index (χ1v) is 5.73. The van der Waals surface area contributed by atoms with E-state index in [2.05, 4.69) is 9.97 Å². The van der Waals surface area contributed by atoms with E-state index in [4.69, 9.17) is 9.84 Å². The van der Waals surface area contributed by atoms with Crippen LogP contribution in [0.2, 0.25) is 0 Å². The Labute approximate surface area is 99.9 Å². The first kappa shape index (κ1) is 12.0. The molecule has 1 unspecified atom stereocenters.